The Bertz CT molecular complexity index is 454. The molecule has 108 valence electrons. The van der Waals surface area contributed by atoms with Crippen molar-refractivity contribution in [1.82, 2.24) is 5.32 Å². The molecule has 20 heavy (non-hydrogen) atoms. The fraction of sp³-hybridized carbons (Fsp3) is 0.467. The number of carbonyl (C=O) groups excluding carboxylic acids is 2. The lowest BCUT2D eigenvalue weighted by molar-refractivity contribution is -0.307. The Morgan fingerprint density at radius 1 is 1.35 bits per heavy atom. The third-order valence-corrected chi connectivity index (χ3v) is 3.45. The number of carbonyl (C=O) groups is 2. The van der Waals surface area contributed by atoms with Crippen LogP contribution < -0.4 is 10.4 Å². The van der Waals surface area contributed by atoms with Crippen LogP contribution in [-0.4, -0.2) is 24.6 Å². The molecule has 1 fully saturated rings. The SMILES string of the molecule is O=C([O-])C[C@H](C(=O)NCc1ccccc1)[C@@H]1CCCO1. The maximum Gasteiger partial charge on any atom is 0.226 e. The van der Waals surface area contributed by atoms with E-state index < -0.39 is 11.9 Å². The molecule has 5 nitrogen and oxygen atoms in total. The van der Waals surface area contributed by atoms with E-state index >= 15 is 0 Å². The van der Waals surface area contributed by atoms with E-state index in [4.69, 9.17) is 4.74 Å². The largest absolute Gasteiger partial charge is 0.550 e. The summed E-state index contributed by atoms with van der Waals surface area (Å²) in [4.78, 5) is 23.0. The molecule has 1 aliphatic heterocycles. The van der Waals surface area contributed by atoms with Crippen molar-refractivity contribution in [2.45, 2.75) is 31.9 Å². The van der Waals surface area contributed by atoms with Gasteiger partial charge in [0, 0.05) is 25.5 Å². The molecular formula is C15H18NO4-. The smallest absolute Gasteiger partial charge is 0.226 e. The lowest BCUT2D eigenvalue weighted by Crippen LogP contribution is -2.41. The summed E-state index contributed by atoms with van der Waals surface area (Å²) < 4.78 is 5.44. The third-order valence-electron chi connectivity index (χ3n) is 3.45. The minimum absolute atomic E-state index is 0.287. The molecule has 1 heterocycles. The van der Waals surface area contributed by atoms with Gasteiger partial charge in [0.1, 0.15) is 0 Å². The molecule has 0 bridgehead atoms. The molecule has 0 unspecified atom stereocenters. The second kappa shape index (κ2) is 7.05. The number of amides is 1. The summed E-state index contributed by atoms with van der Waals surface area (Å²) in [5.74, 6) is -2.18. The first-order valence-electron chi connectivity index (χ1n) is 6.80. The molecule has 1 aliphatic rings. The molecule has 0 saturated carbocycles. The molecule has 1 aromatic rings. The van der Waals surface area contributed by atoms with E-state index in [9.17, 15) is 14.7 Å². The van der Waals surface area contributed by atoms with Crippen molar-refractivity contribution in [3.8, 4) is 0 Å². The zero-order valence-electron chi connectivity index (χ0n) is 11.2. The normalized spacial score (nSPS) is 19.5. The van der Waals surface area contributed by atoms with Gasteiger partial charge >= 0.3 is 0 Å². The van der Waals surface area contributed by atoms with Gasteiger partial charge in [-0.1, -0.05) is 30.3 Å². The van der Waals surface area contributed by atoms with Crippen molar-refractivity contribution >= 4 is 11.9 Å². The van der Waals surface area contributed by atoms with Crippen LogP contribution in [0.5, 0.6) is 0 Å². The first-order chi connectivity index (χ1) is 9.66. The predicted octanol–water partition coefficient (Wildman–Crippen LogP) is 0.238. The van der Waals surface area contributed by atoms with Crippen molar-refractivity contribution in [1.29, 1.82) is 0 Å². The lowest BCUT2D eigenvalue weighted by Gasteiger charge is -2.22. The Morgan fingerprint density at radius 2 is 2.10 bits per heavy atom. The van der Waals surface area contributed by atoms with E-state index in [2.05, 4.69) is 5.32 Å². The van der Waals surface area contributed by atoms with E-state index in [0.29, 0.717) is 13.2 Å². The maximum absolute atomic E-state index is 12.2. The van der Waals surface area contributed by atoms with Crippen molar-refractivity contribution < 1.29 is 19.4 Å². The van der Waals surface area contributed by atoms with Gasteiger partial charge in [0.15, 0.2) is 0 Å². The summed E-state index contributed by atoms with van der Waals surface area (Å²) in [6.45, 7) is 0.968. The van der Waals surface area contributed by atoms with Gasteiger partial charge in [0.25, 0.3) is 0 Å². The van der Waals surface area contributed by atoms with E-state index in [-0.39, 0.29) is 18.4 Å². The first-order valence-corrected chi connectivity index (χ1v) is 6.80. The Labute approximate surface area is 117 Å². The van der Waals surface area contributed by atoms with Crippen LogP contribution in [0.15, 0.2) is 30.3 Å². The standard InChI is InChI=1S/C15H19NO4/c17-14(18)9-12(13-7-4-8-20-13)15(19)16-10-11-5-2-1-3-6-11/h1-3,5-6,12-13H,4,7-10H2,(H,16,19)(H,17,18)/p-1/t12-,13-/m0/s1. The molecule has 0 aliphatic carbocycles. The van der Waals surface area contributed by atoms with Crippen LogP contribution in [0.3, 0.4) is 0 Å². The van der Waals surface area contributed by atoms with Gasteiger partial charge in [-0.15, -0.1) is 0 Å². The van der Waals surface area contributed by atoms with Crippen molar-refractivity contribution in [3.63, 3.8) is 0 Å². The second-order valence-corrected chi connectivity index (χ2v) is 4.94. The Kier molecular flexibility index (Phi) is 5.12. The minimum Gasteiger partial charge on any atom is -0.550 e. The average Bonchev–Trinajstić information content (AvgIpc) is 2.97. The molecule has 0 radical (unpaired) electrons. The van der Waals surface area contributed by atoms with Gasteiger partial charge in [-0.2, -0.15) is 0 Å². The number of aliphatic carboxylic acids is 1. The quantitative estimate of drug-likeness (QED) is 0.807. The number of ether oxygens (including phenoxy) is 1. The predicted molar refractivity (Wildman–Crippen MR) is 70.4 cm³/mol. The topological polar surface area (TPSA) is 78.5 Å². The summed E-state index contributed by atoms with van der Waals surface area (Å²) in [5, 5.41) is 13.6. The number of benzene rings is 1. The zero-order chi connectivity index (χ0) is 14.4. The highest BCUT2D eigenvalue weighted by Gasteiger charge is 2.31. The van der Waals surface area contributed by atoms with Gasteiger partial charge in [-0.05, 0) is 18.4 Å². The molecule has 1 aromatic carbocycles. The molecule has 1 amide bonds. The number of rotatable bonds is 6. The molecule has 5 heteroatoms. The summed E-state index contributed by atoms with van der Waals surface area (Å²) in [6.07, 6.45) is 0.964. The Balaban J connectivity index is 1.93. The van der Waals surface area contributed by atoms with Crippen LogP contribution in [0.2, 0.25) is 0 Å². The summed E-state index contributed by atoms with van der Waals surface area (Å²) in [5.41, 5.74) is 0.973. The van der Waals surface area contributed by atoms with Crippen LogP contribution >= 0.6 is 0 Å². The second-order valence-electron chi connectivity index (χ2n) is 4.94. The number of hydrogen-bond donors (Lipinski definition) is 1. The van der Waals surface area contributed by atoms with E-state index in [1.165, 1.54) is 0 Å². The Morgan fingerprint density at radius 3 is 2.70 bits per heavy atom. The molecule has 1 saturated heterocycles. The first kappa shape index (κ1) is 14.5. The molecule has 1 N–H and O–H groups in total. The molecule has 0 aromatic heterocycles. The van der Waals surface area contributed by atoms with Crippen molar-refractivity contribution in [2.24, 2.45) is 5.92 Å². The summed E-state index contributed by atoms with van der Waals surface area (Å²) in [7, 11) is 0. The zero-order valence-corrected chi connectivity index (χ0v) is 11.2. The summed E-state index contributed by atoms with van der Waals surface area (Å²) in [6, 6.07) is 9.48. The average molecular weight is 276 g/mol. The monoisotopic (exact) mass is 276 g/mol. The summed E-state index contributed by atoms with van der Waals surface area (Å²) >= 11 is 0. The van der Waals surface area contributed by atoms with Crippen molar-refractivity contribution in [2.75, 3.05) is 6.61 Å². The highest BCUT2D eigenvalue weighted by molar-refractivity contribution is 5.83. The fourth-order valence-electron chi connectivity index (χ4n) is 2.41. The molecule has 2 atom stereocenters. The van der Waals surface area contributed by atoms with Gasteiger partial charge in [-0.3, -0.25) is 4.79 Å². The van der Waals surface area contributed by atoms with E-state index in [1.54, 1.807) is 0 Å². The van der Waals surface area contributed by atoms with Crippen LogP contribution in [-0.2, 0) is 20.9 Å². The van der Waals surface area contributed by atoms with E-state index in [0.717, 1.165) is 18.4 Å². The van der Waals surface area contributed by atoms with Crippen LogP contribution in [0.4, 0.5) is 0 Å². The van der Waals surface area contributed by atoms with Crippen LogP contribution in [0.25, 0.3) is 0 Å². The highest BCUT2D eigenvalue weighted by Crippen LogP contribution is 2.23. The number of carboxylic acid groups (broad SMARTS) is 1. The van der Waals surface area contributed by atoms with Crippen LogP contribution in [0, 0.1) is 5.92 Å². The fourth-order valence-corrected chi connectivity index (χ4v) is 2.41. The van der Waals surface area contributed by atoms with Gasteiger partial charge in [0.2, 0.25) is 5.91 Å². The van der Waals surface area contributed by atoms with Gasteiger partial charge in [-0.25, -0.2) is 0 Å². The number of hydrogen-bond acceptors (Lipinski definition) is 4. The molecule has 0 spiro atoms. The minimum atomic E-state index is -1.22. The highest BCUT2D eigenvalue weighted by atomic mass is 16.5. The van der Waals surface area contributed by atoms with Gasteiger partial charge < -0.3 is 20.0 Å². The maximum atomic E-state index is 12.2. The third kappa shape index (κ3) is 4.06. The number of nitrogens with one attached hydrogen (secondary N) is 1. The lowest BCUT2D eigenvalue weighted by atomic mass is 9.95. The number of carboxylic acids is 1. The molecular weight excluding hydrogens is 258 g/mol. The molecule has 2 rings (SSSR count). The Hall–Kier alpha value is -1.88. The van der Waals surface area contributed by atoms with Crippen LogP contribution in [0.1, 0.15) is 24.8 Å². The van der Waals surface area contributed by atoms with Crippen molar-refractivity contribution in [3.05, 3.63) is 35.9 Å². The van der Waals surface area contributed by atoms with E-state index in [1.807, 2.05) is 30.3 Å². The van der Waals surface area contributed by atoms with Gasteiger partial charge in [0.05, 0.1) is 12.0 Å².